The van der Waals surface area contributed by atoms with Crippen LogP contribution in [0.2, 0.25) is 0 Å². The van der Waals surface area contributed by atoms with Gasteiger partial charge in [-0.25, -0.2) is 4.98 Å². The Balaban J connectivity index is 1.31. The molecule has 2 heterocycles. The molecule has 0 aliphatic rings. The summed E-state index contributed by atoms with van der Waals surface area (Å²) >= 11 is 0. The third kappa shape index (κ3) is 3.73. The zero-order valence-electron chi connectivity index (χ0n) is 23.9. The lowest BCUT2D eigenvalue weighted by molar-refractivity contribution is 1.18. The van der Waals surface area contributed by atoms with Crippen LogP contribution in [-0.2, 0) is 0 Å². The van der Waals surface area contributed by atoms with E-state index in [0.29, 0.717) is 0 Å². The van der Waals surface area contributed by atoms with Gasteiger partial charge in [0.2, 0.25) is 0 Å². The number of para-hydroxylation sites is 3. The van der Waals surface area contributed by atoms with E-state index in [4.69, 9.17) is 4.98 Å². The second-order valence-corrected chi connectivity index (χ2v) is 11.2. The van der Waals surface area contributed by atoms with E-state index in [0.717, 1.165) is 39.2 Å². The highest BCUT2D eigenvalue weighted by Gasteiger charge is 2.19. The number of benzene rings is 7. The minimum absolute atomic E-state index is 0.885. The van der Waals surface area contributed by atoms with E-state index < -0.39 is 0 Å². The van der Waals surface area contributed by atoms with Crippen LogP contribution in [0.5, 0.6) is 0 Å². The lowest BCUT2D eigenvalue weighted by Crippen LogP contribution is -2.11. The Morgan fingerprint density at radius 3 is 1.66 bits per heavy atom. The highest BCUT2D eigenvalue weighted by molar-refractivity contribution is 6.24. The molecule has 0 amide bonds. The van der Waals surface area contributed by atoms with Gasteiger partial charge in [0, 0.05) is 38.6 Å². The monoisotopic (exact) mass is 561 g/mol. The van der Waals surface area contributed by atoms with Crippen molar-refractivity contribution >= 4 is 71.4 Å². The first-order chi connectivity index (χ1) is 21.8. The molecule has 3 heteroatoms. The molecular formula is C41H27N3. The van der Waals surface area contributed by atoms with Gasteiger partial charge in [0.25, 0.3) is 0 Å². The molecule has 9 rings (SSSR count). The number of aromatic nitrogens is 2. The normalized spacial score (nSPS) is 11.6. The van der Waals surface area contributed by atoms with Crippen molar-refractivity contribution in [1.82, 2.24) is 9.55 Å². The van der Waals surface area contributed by atoms with Gasteiger partial charge in [-0.15, -0.1) is 0 Å². The molecule has 0 saturated carbocycles. The first kappa shape index (κ1) is 24.6. The van der Waals surface area contributed by atoms with Crippen molar-refractivity contribution in [3.05, 3.63) is 164 Å². The van der Waals surface area contributed by atoms with Gasteiger partial charge in [-0.3, -0.25) is 4.90 Å². The van der Waals surface area contributed by atoms with Crippen LogP contribution in [-0.4, -0.2) is 9.55 Å². The molecule has 0 spiro atoms. The van der Waals surface area contributed by atoms with Crippen molar-refractivity contribution in [3.63, 3.8) is 0 Å². The topological polar surface area (TPSA) is 21.1 Å². The maximum absolute atomic E-state index is 5.42. The fourth-order valence-corrected chi connectivity index (χ4v) is 6.82. The first-order valence-corrected chi connectivity index (χ1v) is 15.0. The summed E-state index contributed by atoms with van der Waals surface area (Å²) in [5.74, 6) is 0.885. The standard InChI is InChI=1S/C41H27N3/c1-3-13-28(14-4-1)43(40-26-24-36-33-19-8-7-17-31(33)32-18-9-10-21-35(32)41(36)42-40)30-23-25-39-37(27-30)34-20-11-12-22-38(34)44(39)29-15-5-2-6-16-29/h1-27H. The van der Waals surface area contributed by atoms with E-state index in [-0.39, 0.29) is 0 Å². The quantitative estimate of drug-likeness (QED) is 0.199. The Bertz CT molecular complexity index is 2460. The number of nitrogens with zero attached hydrogens (tertiary/aromatic N) is 3. The molecule has 0 bridgehead atoms. The summed E-state index contributed by atoms with van der Waals surface area (Å²) in [5, 5.41) is 8.47. The molecule has 9 aromatic rings. The fourth-order valence-electron chi connectivity index (χ4n) is 6.82. The van der Waals surface area contributed by atoms with E-state index in [1.807, 2.05) is 0 Å². The van der Waals surface area contributed by atoms with Crippen LogP contribution >= 0.6 is 0 Å². The largest absolute Gasteiger partial charge is 0.309 e. The van der Waals surface area contributed by atoms with Gasteiger partial charge in [0.05, 0.1) is 16.6 Å². The smallest absolute Gasteiger partial charge is 0.138 e. The van der Waals surface area contributed by atoms with Gasteiger partial charge < -0.3 is 4.57 Å². The maximum atomic E-state index is 5.42. The molecule has 3 nitrogen and oxygen atoms in total. The van der Waals surface area contributed by atoms with Gasteiger partial charge in [0.1, 0.15) is 5.82 Å². The third-order valence-electron chi connectivity index (χ3n) is 8.74. The minimum atomic E-state index is 0.885. The van der Waals surface area contributed by atoms with Crippen LogP contribution < -0.4 is 4.90 Å². The zero-order valence-corrected chi connectivity index (χ0v) is 23.9. The predicted octanol–water partition coefficient (Wildman–Crippen LogP) is 11.1. The third-order valence-corrected chi connectivity index (χ3v) is 8.74. The zero-order chi connectivity index (χ0) is 29.0. The summed E-state index contributed by atoms with van der Waals surface area (Å²) in [6.07, 6.45) is 0. The maximum Gasteiger partial charge on any atom is 0.138 e. The van der Waals surface area contributed by atoms with Crippen LogP contribution in [0.1, 0.15) is 0 Å². The van der Waals surface area contributed by atoms with Gasteiger partial charge in [-0.1, -0.05) is 103 Å². The summed E-state index contributed by atoms with van der Waals surface area (Å²) in [5.41, 5.74) is 6.67. The number of fused-ring (bicyclic) bond motifs is 9. The lowest BCUT2D eigenvalue weighted by Gasteiger charge is -2.25. The van der Waals surface area contributed by atoms with Crippen molar-refractivity contribution in [2.45, 2.75) is 0 Å². The Kier molecular flexibility index (Phi) is 5.50. The van der Waals surface area contributed by atoms with Crippen LogP contribution in [0.4, 0.5) is 17.2 Å². The molecular weight excluding hydrogens is 534 g/mol. The molecule has 0 unspecified atom stereocenters. The summed E-state index contributed by atoms with van der Waals surface area (Å²) < 4.78 is 2.35. The second-order valence-electron chi connectivity index (χ2n) is 11.2. The van der Waals surface area contributed by atoms with Crippen molar-refractivity contribution in [1.29, 1.82) is 0 Å². The average molecular weight is 562 g/mol. The molecule has 206 valence electrons. The summed E-state index contributed by atoms with van der Waals surface area (Å²) in [7, 11) is 0. The molecule has 0 N–H and O–H groups in total. The predicted molar refractivity (Wildman–Crippen MR) is 186 cm³/mol. The molecule has 0 aliphatic carbocycles. The van der Waals surface area contributed by atoms with Crippen molar-refractivity contribution in [2.75, 3.05) is 4.90 Å². The van der Waals surface area contributed by atoms with Gasteiger partial charge in [0.15, 0.2) is 0 Å². The number of hydrogen-bond acceptors (Lipinski definition) is 2. The SMILES string of the molecule is c1ccc(N(c2ccc3c(c2)c2ccccc2n3-c2ccccc2)c2ccc3c4ccccc4c4ccccc4c3n2)cc1. The van der Waals surface area contributed by atoms with Gasteiger partial charge in [-0.05, 0) is 76.8 Å². The van der Waals surface area contributed by atoms with Gasteiger partial charge in [-0.2, -0.15) is 0 Å². The first-order valence-electron chi connectivity index (χ1n) is 15.0. The molecule has 0 atom stereocenters. The molecule has 44 heavy (non-hydrogen) atoms. The lowest BCUT2D eigenvalue weighted by atomic mass is 9.97. The van der Waals surface area contributed by atoms with E-state index in [2.05, 4.69) is 173 Å². The Hall–Kier alpha value is -5.93. The highest BCUT2D eigenvalue weighted by Crippen LogP contribution is 2.41. The van der Waals surface area contributed by atoms with Crippen LogP contribution in [0.3, 0.4) is 0 Å². The van der Waals surface area contributed by atoms with E-state index in [1.165, 1.54) is 38.0 Å². The van der Waals surface area contributed by atoms with Crippen LogP contribution in [0.15, 0.2) is 164 Å². The molecule has 0 saturated heterocycles. The van der Waals surface area contributed by atoms with Gasteiger partial charge >= 0.3 is 0 Å². The van der Waals surface area contributed by atoms with Crippen molar-refractivity contribution in [3.8, 4) is 5.69 Å². The summed E-state index contributed by atoms with van der Waals surface area (Å²) in [4.78, 5) is 7.70. The highest BCUT2D eigenvalue weighted by atomic mass is 15.2. The molecule has 2 aromatic heterocycles. The Morgan fingerprint density at radius 2 is 0.932 bits per heavy atom. The molecule has 0 radical (unpaired) electrons. The van der Waals surface area contributed by atoms with Crippen molar-refractivity contribution < 1.29 is 0 Å². The van der Waals surface area contributed by atoms with E-state index >= 15 is 0 Å². The fraction of sp³-hybridized carbons (Fsp3) is 0. The number of anilines is 3. The molecule has 0 aliphatic heterocycles. The Morgan fingerprint density at radius 1 is 0.386 bits per heavy atom. The number of rotatable bonds is 4. The van der Waals surface area contributed by atoms with Crippen LogP contribution in [0, 0.1) is 0 Å². The molecule has 7 aromatic carbocycles. The second kappa shape index (κ2) is 9.82. The molecule has 0 fully saturated rings. The summed E-state index contributed by atoms with van der Waals surface area (Å²) in [6, 6.07) is 58.3. The Labute approximate surface area is 254 Å². The number of hydrogen-bond donors (Lipinski definition) is 0. The van der Waals surface area contributed by atoms with E-state index in [9.17, 15) is 0 Å². The minimum Gasteiger partial charge on any atom is -0.309 e. The number of pyridine rings is 1. The van der Waals surface area contributed by atoms with Crippen LogP contribution in [0.25, 0.3) is 59.9 Å². The van der Waals surface area contributed by atoms with Crippen molar-refractivity contribution in [2.24, 2.45) is 0 Å². The van der Waals surface area contributed by atoms with E-state index in [1.54, 1.807) is 0 Å². The summed E-state index contributed by atoms with van der Waals surface area (Å²) in [6.45, 7) is 0. The average Bonchev–Trinajstić information content (AvgIpc) is 3.43.